The lowest BCUT2D eigenvalue weighted by molar-refractivity contribution is -0.137. The van der Waals surface area contributed by atoms with E-state index in [9.17, 15) is 4.79 Å². The zero-order chi connectivity index (χ0) is 12.5. The van der Waals surface area contributed by atoms with Gasteiger partial charge in [-0.05, 0) is 30.4 Å². The first-order valence-corrected chi connectivity index (χ1v) is 6.85. The van der Waals surface area contributed by atoms with E-state index in [1.807, 2.05) is 17.0 Å². The van der Waals surface area contributed by atoms with Gasteiger partial charge in [-0.15, -0.1) is 12.4 Å². The molecule has 2 aliphatic rings. The van der Waals surface area contributed by atoms with Gasteiger partial charge in [0, 0.05) is 25.0 Å². The summed E-state index contributed by atoms with van der Waals surface area (Å²) >= 11 is 0. The van der Waals surface area contributed by atoms with Crippen molar-refractivity contribution in [3.05, 3.63) is 35.4 Å². The van der Waals surface area contributed by atoms with E-state index < -0.39 is 0 Å². The minimum absolute atomic E-state index is 0. The second kappa shape index (κ2) is 5.93. The smallest absolute Gasteiger partial charge is 0.226 e. The molecule has 3 nitrogen and oxygen atoms in total. The summed E-state index contributed by atoms with van der Waals surface area (Å²) in [5.41, 5.74) is 8.57. The number of rotatable bonds is 1. The highest BCUT2D eigenvalue weighted by molar-refractivity contribution is 5.85. The number of carbonyl (C=O) groups excluding carboxylic acids is 1. The van der Waals surface area contributed by atoms with Crippen LogP contribution < -0.4 is 5.73 Å². The number of halogens is 1. The normalized spacial score (nSPS) is 25.6. The molecule has 4 heteroatoms. The number of nitrogens with two attached hydrogens (primary N) is 1. The van der Waals surface area contributed by atoms with Crippen LogP contribution in [0, 0.1) is 5.92 Å². The number of hydrogen-bond acceptors (Lipinski definition) is 2. The maximum Gasteiger partial charge on any atom is 0.226 e. The zero-order valence-electron chi connectivity index (χ0n) is 11.0. The van der Waals surface area contributed by atoms with Crippen molar-refractivity contribution in [2.24, 2.45) is 11.7 Å². The number of benzene rings is 1. The lowest BCUT2D eigenvalue weighted by Crippen LogP contribution is -2.38. The molecule has 1 amide bonds. The number of hydrogen-bond donors (Lipinski definition) is 1. The summed E-state index contributed by atoms with van der Waals surface area (Å²) in [5, 5.41) is 0. The molecule has 1 aliphatic heterocycles. The van der Waals surface area contributed by atoms with Crippen LogP contribution in [0.3, 0.4) is 0 Å². The fourth-order valence-corrected chi connectivity index (χ4v) is 3.20. The first kappa shape index (κ1) is 14.4. The van der Waals surface area contributed by atoms with Crippen LogP contribution in [-0.2, 0) is 17.9 Å². The molecule has 0 saturated heterocycles. The van der Waals surface area contributed by atoms with E-state index in [1.54, 1.807) is 0 Å². The fraction of sp³-hybridized carbons (Fsp3) is 0.533. The Balaban J connectivity index is 0.00000133. The zero-order valence-corrected chi connectivity index (χ0v) is 11.9. The molecule has 1 aromatic carbocycles. The van der Waals surface area contributed by atoms with E-state index in [2.05, 4.69) is 12.1 Å². The summed E-state index contributed by atoms with van der Waals surface area (Å²) in [6.45, 7) is 1.56. The van der Waals surface area contributed by atoms with E-state index in [1.165, 1.54) is 11.1 Å². The Hall–Kier alpha value is -1.06. The van der Waals surface area contributed by atoms with Crippen molar-refractivity contribution in [3.63, 3.8) is 0 Å². The summed E-state index contributed by atoms with van der Waals surface area (Å²) in [6.07, 6.45) is 4.05. The van der Waals surface area contributed by atoms with Crippen LogP contribution in [0.2, 0.25) is 0 Å². The van der Waals surface area contributed by atoms with Gasteiger partial charge in [0.25, 0.3) is 0 Å². The Morgan fingerprint density at radius 1 is 1.16 bits per heavy atom. The van der Waals surface area contributed by atoms with Crippen LogP contribution in [0.25, 0.3) is 0 Å². The third kappa shape index (κ3) is 2.93. The van der Waals surface area contributed by atoms with Crippen LogP contribution in [0.1, 0.15) is 36.8 Å². The van der Waals surface area contributed by atoms with Gasteiger partial charge in [0.05, 0.1) is 0 Å². The van der Waals surface area contributed by atoms with E-state index in [4.69, 9.17) is 5.73 Å². The van der Waals surface area contributed by atoms with Crippen LogP contribution in [0.5, 0.6) is 0 Å². The van der Waals surface area contributed by atoms with Gasteiger partial charge in [-0.25, -0.2) is 0 Å². The standard InChI is InChI=1S/C15H20N2O.ClH/c16-14-7-3-6-11(8-14)15(18)17-9-12-4-1-2-5-13(12)10-17;/h1-2,4-5,11,14H,3,6-10,16H2;1H. The Labute approximate surface area is 120 Å². The van der Waals surface area contributed by atoms with Crippen molar-refractivity contribution < 1.29 is 4.79 Å². The highest BCUT2D eigenvalue weighted by Gasteiger charge is 2.31. The third-order valence-electron chi connectivity index (χ3n) is 4.22. The molecular formula is C15H21ClN2O. The third-order valence-corrected chi connectivity index (χ3v) is 4.22. The maximum absolute atomic E-state index is 12.5. The first-order chi connectivity index (χ1) is 8.74. The summed E-state index contributed by atoms with van der Waals surface area (Å²) < 4.78 is 0. The van der Waals surface area contributed by atoms with Crippen molar-refractivity contribution in [2.45, 2.75) is 44.8 Å². The predicted octanol–water partition coefficient (Wildman–Crippen LogP) is 2.47. The molecule has 1 aromatic rings. The highest BCUT2D eigenvalue weighted by Crippen LogP contribution is 2.29. The first-order valence-electron chi connectivity index (χ1n) is 6.85. The van der Waals surface area contributed by atoms with Crippen molar-refractivity contribution in [1.82, 2.24) is 4.90 Å². The van der Waals surface area contributed by atoms with E-state index >= 15 is 0 Å². The average molecular weight is 281 g/mol. The molecule has 104 valence electrons. The predicted molar refractivity (Wildman–Crippen MR) is 77.9 cm³/mol. The van der Waals surface area contributed by atoms with E-state index in [0.717, 1.165) is 38.8 Å². The summed E-state index contributed by atoms with van der Waals surface area (Å²) in [4.78, 5) is 14.5. The maximum atomic E-state index is 12.5. The minimum atomic E-state index is 0. The second-order valence-electron chi connectivity index (χ2n) is 5.59. The SMILES string of the molecule is Cl.NC1CCCC(C(=O)N2Cc3ccccc3C2)C1. The summed E-state index contributed by atoms with van der Waals surface area (Å²) in [5.74, 6) is 0.462. The molecule has 2 N–H and O–H groups in total. The van der Waals surface area contributed by atoms with Gasteiger partial charge in [-0.1, -0.05) is 30.7 Å². The number of nitrogens with zero attached hydrogens (tertiary/aromatic N) is 1. The van der Waals surface area contributed by atoms with Crippen molar-refractivity contribution in [1.29, 1.82) is 0 Å². The van der Waals surface area contributed by atoms with Crippen molar-refractivity contribution >= 4 is 18.3 Å². The largest absolute Gasteiger partial charge is 0.334 e. The molecule has 1 fully saturated rings. The molecule has 1 aliphatic carbocycles. The lowest BCUT2D eigenvalue weighted by Gasteiger charge is -2.29. The van der Waals surface area contributed by atoms with Crippen LogP contribution in [-0.4, -0.2) is 16.8 Å². The molecule has 19 heavy (non-hydrogen) atoms. The molecule has 0 spiro atoms. The number of amides is 1. The Morgan fingerprint density at radius 3 is 2.37 bits per heavy atom. The van der Waals surface area contributed by atoms with Gasteiger partial charge in [-0.2, -0.15) is 0 Å². The molecule has 2 unspecified atom stereocenters. The Bertz CT molecular complexity index is 438. The van der Waals surface area contributed by atoms with Gasteiger partial charge in [0.2, 0.25) is 5.91 Å². The van der Waals surface area contributed by atoms with Gasteiger partial charge in [0.15, 0.2) is 0 Å². The molecule has 0 bridgehead atoms. The van der Waals surface area contributed by atoms with Crippen molar-refractivity contribution in [3.8, 4) is 0 Å². The van der Waals surface area contributed by atoms with Gasteiger partial charge < -0.3 is 10.6 Å². The molecular weight excluding hydrogens is 260 g/mol. The fourth-order valence-electron chi connectivity index (χ4n) is 3.20. The molecule has 0 radical (unpaired) electrons. The Kier molecular flexibility index (Phi) is 4.48. The molecule has 2 atom stereocenters. The number of carbonyl (C=O) groups is 1. The molecule has 1 heterocycles. The Morgan fingerprint density at radius 2 is 1.79 bits per heavy atom. The second-order valence-corrected chi connectivity index (χ2v) is 5.59. The topological polar surface area (TPSA) is 46.3 Å². The monoisotopic (exact) mass is 280 g/mol. The van der Waals surface area contributed by atoms with Gasteiger partial charge >= 0.3 is 0 Å². The minimum Gasteiger partial charge on any atom is -0.334 e. The molecule has 1 saturated carbocycles. The summed E-state index contributed by atoms with van der Waals surface area (Å²) in [7, 11) is 0. The molecule has 3 rings (SSSR count). The van der Waals surface area contributed by atoms with Crippen LogP contribution >= 0.6 is 12.4 Å². The van der Waals surface area contributed by atoms with Crippen LogP contribution in [0.15, 0.2) is 24.3 Å². The molecule has 0 aromatic heterocycles. The van der Waals surface area contributed by atoms with E-state index in [-0.39, 0.29) is 24.4 Å². The van der Waals surface area contributed by atoms with Gasteiger partial charge in [0.1, 0.15) is 0 Å². The number of fused-ring (bicyclic) bond motifs is 1. The average Bonchev–Trinajstić information content (AvgIpc) is 2.81. The van der Waals surface area contributed by atoms with Crippen LogP contribution in [0.4, 0.5) is 0 Å². The lowest BCUT2D eigenvalue weighted by atomic mass is 9.85. The quantitative estimate of drug-likeness (QED) is 0.859. The van der Waals surface area contributed by atoms with Gasteiger partial charge in [-0.3, -0.25) is 4.79 Å². The van der Waals surface area contributed by atoms with Crippen molar-refractivity contribution in [2.75, 3.05) is 0 Å². The summed E-state index contributed by atoms with van der Waals surface area (Å²) in [6, 6.07) is 8.55. The van der Waals surface area contributed by atoms with E-state index in [0.29, 0.717) is 5.91 Å². The highest BCUT2D eigenvalue weighted by atomic mass is 35.5.